The summed E-state index contributed by atoms with van der Waals surface area (Å²) in [5.41, 5.74) is 1.78. The minimum absolute atomic E-state index is 0.226. The first-order chi connectivity index (χ1) is 20.4. The van der Waals surface area contributed by atoms with Crippen molar-refractivity contribution in [3.8, 4) is 11.5 Å². The number of benzene rings is 4. The molecule has 0 aromatic heterocycles. The zero-order chi connectivity index (χ0) is 29.2. The number of halogens is 1. The van der Waals surface area contributed by atoms with Crippen molar-refractivity contribution in [2.45, 2.75) is 18.0 Å². The van der Waals surface area contributed by atoms with Crippen LogP contribution >= 0.6 is 11.6 Å². The Labute approximate surface area is 248 Å². The average molecular weight is 576 g/mol. The van der Waals surface area contributed by atoms with Gasteiger partial charge in [0, 0.05) is 33.3 Å². The van der Waals surface area contributed by atoms with Gasteiger partial charge in [-0.1, -0.05) is 72.3 Å². The number of ketones is 3. The van der Waals surface area contributed by atoms with Crippen LogP contribution in [0.3, 0.4) is 0 Å². The van der Waals surface area contributed by atoms with E-state index in [1.54, 1.807) is 68.8 Å². The lowest BCUT2D eigenvalue weighted by molar-refractivity contribution is 0.0665. The molecule has 7 rings (SSSR count). The van der Waals surface area contributed by atoms with Crippen LogP contribution in [0, 0.1) is 5.41 Å². The van der Waals surface area contributed by atoms with Gasteiger partial charge in [-0.05, 0) is 53.6 Å². The zero-order valence-corrected chi connectivity index (χ0v) is 23.7. The van der Waals surface area contributed by atoms with Gasteiger partial charge >= 0.3 is 0 Å². The van der Waals surface area contributed by atoms with Gasteiger partial charge in [-0.3, -0.25) is 14.4 Å². The Morgan fingerprint density at radius 1 is 0.810 bits per heavy atom. The number of hydrogen-bond acceptors (Lipinski definition) is 6. The van der Waals surface area contributed by atoms with Gasteiger partial charge in [0.1, 0.15) is 23.0 Å². The van der Waals surface area contributed by atoms with E-state index in [2.05, 4.69) is 0 Å². The minimum Gasteiger partial charge on any atom is -0.497 e. The SMILES string of the molecule is COc1cccc(C(=O)[C@H]2[C@H](c3cccc(OC)c3)C3(C(=O)c4ccccc4C3=O)[C@@H]3C=Cc4cc(Cl)ccc4N32)c1. The number of hydrogen-bond donors (Lipinski definition) is 0. The predicted octanol–water partition coefficient (Wildman–Crippen LogP) is 6.67. The second kappa shape index (κ2) is 9.71. The van der Waals surface area contributed by atoms with E-state index in [1.165, 1.54) is 0 Å². The Bertz CT molecular complexity index is 1790. The number of nitrogens with zero attached hydrogens (tertiary/aromatic N) is 1. The summed E-state index contributed by atoms with van der Waals surface area (Å²) in [5, 5.41) is 0.547. The molecule has 0 unspecified atom stereocenters. The number of carbonyl (C=O) groups is 3. The summed E-state index contributed by atoms with van der Waals surface area (Å²) in [6.07, 6.45) is 3.78. The lowest BCUT2D eigenvalue weighted by atomic mass is 9.64. The summed E-state index contributed by atoms with van der Waals surface area (Å²) in [6, 6.07) is 25.1. The fourth-order valence-electron chi connectivity index (χ4n) is 7.10. The number of methoxy groups -OCH3 is 2. The van der Waals surface area contributed by atoms with Gasteiger partial charge in [-0.15, -0.1) is 0 Å². The van der Waals surface area contributed by atoms with Crippen LogP contribution in [-0.2, 0) is 0 Å². The third-order valence-electron chi connectivity index (χ3n) is 8.84. The largest absolute Gasteiger partial charge is 0.497 e. The standard InChI is InChI=1S/C35H26ClNO5/c1-41-24-9-5-7-21(18-24)30-31(32(38)22-8-6-10-25(19-22)42-2)37-28-15-14-23(36)17-20(28)13-16-29(37)35(30)33(39)26-11-3-4-12-27(26)34(35)40/h3-19,29-31H,1-2H3/t29-,30-,31+/m0/s1. The van der Waals surface area contributed by atoms with Crippen molar-refractivity contribution in [1.82, 2.24) is 0 Å². The molecule has 2 heterocycles. The molecule has 1 saturated heterocycles. The number of carbonyl (C=O) groups excluding carboxylic acids is 3. The molecule has 3 aliphatic rings. The van der Waals surface area contributed by atoms with Gasteiger partial charge in [0.2, 0.25) is 0 Å². The molecular weight excluding hydrogens is 550 g/mol. The van der Waals surface area contributed by atoms with Crippen molar-refractivity contribution in [2.75, 3.05) is 19.1 Å². The highest BCUT2D eigenvalue weighted by atomic mass is 35.5. The van der Waals surface area contributed by atoms with E-state index in [-0.39, 0.29) is 17.3 Å². The predicted molar refractivity (Wildman–Crippen MR) is 161 cm³/mol. The number of rotatable bonds is 5. The van der Waals surface area contributed by atoms with Crippen molar-refractivity contribution in [1.29, 1.82) is 0 Å². The fourth-order valence-corrected chi connectivity index (χ4v) is 7.28. The molecule has 0 N–H and O–H groups in total. The molecule has 2 aliphatic heterocycles. The molecule has 1 fully saturated rings. The molecular formula is C35H26ClNO5. The smallest absolute Gasteiger partial charge is 0.186 e. The molecule has 1 spiro atoms. The molecule has 1 aliphatic carbocycles. The maximum absolute atomic E-state index is 14.8. The molecule has 3 atom stereocenters. The maximum Gasteiger partial charge on any atom is 0.186 e. The van der Waals surface area contributed by atoms with Crippen molar-refractivity contribution >= 4 is 40.7 Å². The third-order valence-corrected chi connectivity index (χ3v) is 9.08. The van der Waals surface area contributed by atoms with Crippen LogP contribution in [0.5, 0.6) is 11.5 Å². The lowest BCUT2D eigenvalue weighted by Crippen LogP contribution is -2.48. The van der Waals surface area contributed by atoms with Gasteiger partial charge in [-0.2, -0.15) is 0 Å². The number of ether oxygens (including phenoxy) is 2. The monoisotopic (exact) mass is 575 g/mol. The van der Waals surface area contributed by atoms with E-state index in [0.717, 1.165) is 11.3 Å². The summed E-state index contributed by atoms with van der Waals surface area (Å²) in [4.78, 5) is 46.2. The number of anilines is 1. The van der Waals surface area contributed by atoms with Gasteiger partial charge in [0.15, 0.2) is 17.3 Å². The summed E-state index contributed by atoms with van der Waals surface area (Å²) in [7, 11) is 3.11. The first-order valence-electron chi connectivity index (χ1n) is 13.7. The molecule has 42 heavy (non-hydrogen) atoms. The molecule has 0 saturated carbocycles. The highest BCUT2D eigenvalue weighted by molar-refractivity contribution is 6.32. The van der Waals surface area contributed by atoms with Crippen LogP contribution in [0.25, 0.3) is 6.08 Å². The van der Waals surface area contributed by atoms with Crippen LogP contribution in [0.4, 0.5) is 5.69 Å². The molecule has 4 aromatic carbocycles. The van der Waals surface area contributed by atoms with Crippen molar-refractivity contribution in [2.24, 2.45) is 5.41 Å². The first kappa shape index (κ1) is 26.2. The van der Waals surface area contributed by atoms with Crippen molar-refractivity contribution < 1.29 is 23.9 Å². The van der Waals surface area contributed by atoms with E-state index >= 15 is 0 Å². The Hall–Kier alpha value is -4.68. The minimum atomic E-state index is -1.59. The normalized spacial score (nSPS) is 21.2. The van der Waals surface area contributed by atoms with Gasteiger partial charge in [0.05, 0.1) is 20.3 Å². The molecule has 208 valence electrons. The molecule has 0 amide bonds. The molecule has 7 heteroatoms. The van der Waals surface area contributed by atoms with Gasteiger partial charge in [-0.25, -0.2) is 0 Å². The van der Waals surface area contributed by atoms with Crippen LogP contribution in [-0.4, -0.2) is 43.7 Å². The van der Waals surface area contributed by atoms with E-state index in [0.29, 0.717) is 38.8 Å². The van der Waals surface area contributed by atoms with E-state index in [1.807, 2.05) is 53.5 Å². The quantitative estimate of drug-likeness (QED) is 0.195. The highest BCUT2D eigenvalue weighted by Gasteiger charge is 2.71. The summed E-state index contributed by atoms with van der Waals surface area (Å²) in [6.45, 7) is 0. The topological polar surface area (TPSA) is 72.9 Å². The maximum atomic E-state index is 14.8. The Kier molecular flexibility index (Phi) is 6.06. The summed E-state index contributed by atoms with van der Waals surface area (Å²) < 4.78 is 11.0. The van der Waals surface area contributed by atoms with Crippen LogP contribution in [0.2, 0.25) is 5.02 Å². The van der Waals surface area contributed by atoms with E-state index in [9.17, 15) is 14.4 Å². The van der Waals surface area contributed by atoms with Crippen molar-refractivity contribution in [3.05, 3.63) is 130 Å². The Morgan fingerprint density at radius 3 is 2.17 bits per heavy atom. The Morgan fingerprint density at radius 2 is 1.48 bits per heavy atom. The third kappa shape index (κ3) is 3.55. The number of Topliss-reactive ketones (excluding diaryl/α,β-unsaturated/α-hetero) is 3. The zero-order valence-electron chi connectivity index (χ0n) is 22.9. The van der Waals surface area contributed by atoms with Gasteiger partial charge < -0.3 is 14.4 Å². The highest BCUT2D eigenvalue weighted by Crippen LogP contribution is 2.61. The Balaban J connectivity index is 1.55. The fraction of sp³-hybridized carbons (Fsp3) is 0.171. The second-order valence-electron chi connectivity index (χ2n) is 10.8. The molecule has 4 aromatic rings. The van der Waals surface area contributed by atoms with Crippen LogP contribution in [0.15, 0.2) is 97.1 Å². The number of fused-ring (bicyclic) bond motifs is 5. The van der Waals surface area contributed by atoms with Crippen LogP contribution < -0.4 is 14.4 Å². The van der Waals surface area contributed by atoms with Crippen molar-refractivity contribution in [3.63, 3.8) is 0 Å². The second-order valence-corrected chi connectivity index (χ2v) is 11.2. The lowest BCUT2D eigenvalue weighted by Gasteiger charge is -2.37. The first-order valence-corrected chi connectivity index (χ1v) is 14.0. The molecule has 0 bridgehead atoms. The van der Waals surface area contributed by atoms with Crippen LogP contribution in [0.1, 0.15) is 48.1 Å². The summed E-state index contributed by atoms with van der Waals surface area (Å²) in [5.74, 6) is -0.526. The van der Waals surface area contributed by atoms with E-state index < -0.39 is 23.4 Å². The average Bonchev–Trinajstić information content (AvgIpc) is 3.46. The summed E-state index contributed by atoms with van der Waals surface area (Å²) >= 11 is 6.38. The van der Waals surface area contributed by atoms with Gasteiger partial charge in [0.25, 0.3) is 0 Å². The van der Waals surface area contributed by atoms with E-state index in [4.69, 9.17) is 21.1 Å². The molecule has 0 radical (unpaired) electrons. The molecule has 6 nitrogen and oxygen atoms in total.